The molecule has 3 aromatic rings. The first kappa shape index (κ1) is 18.7. The molecule has 1 aromatic heterocycles. The number of amides is 4. The quantitative estimate of drug-likeness (QED) is 0.608. The van der Waals surface area contributed by atoms with Crippen molar-refractivity contribution in [2.45, 2.75) is 38.1 Å². The number of imide groups is 1. The van der Waals surface area contributed by atoms with Crippen LogP contribution < -0.4 is 15.5 Å². The number of hydrogen-bond acceptors (Lipinski definition) is 5. The minimum absolute atomic E-state index is 0.216. The van der Waals surface area contributed by atoms with Crippen molar-refractivity contribution in [1.82, 2.24) is 10.3 Å². The average molecular weight is 420 g/mol. The van der Waals surface area contributed by atoms with Crippen LogP contribution in [-0.2, 0) is 0 Å². The van der Waals surface area contributed by atoms with Crippen LogP contribution in [0.4, 0.5) is 15.6 Å². The first-order valence-electron chi connectivity index (χ1n) is 10.1. The zero-order chi connectivity index (χ0) is 20.7. The Labute approximate surface area is 177 Å². The normalized spacial score (nSPS) is 16.7. The fourth-order valence-electron chi connectivity index (χ4n) is 4.05. The van der Waals surface area contributed by atoms with Crippen LogP contribution in [0, 0.1) is 0 Å². The molecule has 0 bridgehead atoms. The Bertz CT molecular complexity index is 1130. The van der Waals surface area contributed by atoms with Crippen LogP contribution in [0.3, 0.4) is 0 Å². The molecule has 0 atom stereocenters. The molecule has 1 fully saturated rings. The lowest BCUT2D eigenvalue weighted by Gasteiger charge is -2.22. The van der Waals surface area contributed by atoms with Gasteiger partial charge in [0.15, 0.2) is 0 Å². The topological polar surface area (TPSA) is 91.4 Å². The molecular weight excluding hydrogens is 400 g/mol. The Morgan fingerprint density at radius 3 is 2.40 bits per heavy atom. The third-order valence-corrected chi connectivity index (χ3v) is 6.56. The highest BCUT2D eigenvalue weighted by Crippen LogP contribution is 2.35. The van der Waals surface area contributed by atoms with E-state index in [2.05, 4.69) is 15.6 Å². The molecule has 0 radical (unpaired) electrons. The Kier molecular flexibility index (Phi) is 4.71. The summed E-state index contributed by atoms with van der Waals surface area (Å²) in [7, 11) is 0. The zero-order valence-electron chi connectivity index (χ0n) is 16.2. The van der Waals surface area contributed by atoms with Gasteiger partial charge in [0, 0.05) is 11.7 Å². The van der Waals surface area contributed by atoms with E-state index >= 15 is 0 Å². The van der Waals surface area contributed by atoms with Gasteiger partial charge in [0.1, 0.15) is 0 Å². The number of thiazole rings is 1. The fourth-order valence-corrected chi connectivity index (χ4v) is 5.05. The van der Waals surface area contributed by atoms with E-state index in [0.717, 1.165) is 35.3 Å². The van der Waals surface area contributed by atoms with Crippen LogP contribution in [0.5, 0.6) is 0 Å². The number of rotatable bonds is 3. The smallest absolute Gasteiger partial charge is 0.319 e. The Morgan fingerprint density at radius 1 is 1.00 bits per heavy atom. The molecular formula is C22H20N4O3S. The summed E-state index contributed by atoms with van der Waals surface area (Å²) in [6.07, 6.45) is 5.57. The Morgan fingerprint density at radius 2 is 1.70 bits per heavy atom. The van der Waals surface area contributed by atoms with Crippen LogP contribution in [0.1, 0.15) is 52.8 Å². The van der Waals surface area contributed by atoms with Crippen LogP contribution in [-0.4, -0.2) is 28.9 Å². The summed E-state index contributed by atoms with van der Waals surface area (Å²) >= 11 is 1.25. The second-order valence-corrected chi connectivity index (χ2v) is 8.61. The number of nitrogens with one attached hydrogen (secondary N) is 2. The standard InChI is InChI=1S/C22H20N4O3S/c27-19-15-8-4-5-9-16(15)20(28)26(19)22-25-17-11-10-14(12-18(17)30-22)24-21(29)23-13-6-2-1-3-7-13/h4-5,8-13H,1-3,6-7H2,(H2,23,24,29). The van der Waals surface area contributed by atoms with Crippen molar-refractivity contribution < 1.29 is 14.4 Å². The van der Waals surface area contributed by atoms with Gasteiger partial charge in [-0.05, 0) is 43.2 Å². The lowest BCUT2D eigenvalue weighted by molar-refractivity contribution is 0.0926. The third-order valence-electron chi connectivity index (χ3n) is 5.56. The van der Waals surface area contributed by atoms with Gasteiger partial charge < -0.3 is 10.6 Å². The van der Waals surface area contributed by atoms with Gasteiger partial charge in [-0.2, -0.15) is 0 Å². The highest BCUT2D eigenvalue weighted by molar-refractivity contribution is 7.22. The molecule has 4 amide bonds. The van der Waals surface area contributed by atoms with Crippen molar-refractivity contribution in [3.63, 3.8) is 0 Å². The summed E-state index contributed by atoms with van der Waals surface area (Å²) in [6.45, 7) is 0. The van der Waals surface area contributed by atoms with Crippen LogP contribution >= 0.6 is 11.3 Å². The first-order chi connectivity index (χ1) is 14.6. The van der Waals surface area contributed by atoms with Gasteiger partial charge >= 0.3 is 6.03 Å². The summed E-state index contributed by atoms with van der Waals surface area (Å²) < 4.78 is 0.789. The van der Waals surface area contributed by atoms with Crippen molar-refractivity contribution in [3.8, 4) is 0 Å². The minimum Gasteiger partial charge on any atom is -0.335 e. The number of nitrogens with zero attached hydrogens (tertiary/aromatic N) is 2. The molecule has 2 heterocycles. The molecule has 2 aliphatic rings. The minimum atomic E-state index is -0.361. The highest BCUT2D eigenvalue weighted by atomic mass is 32.1. The molecule has 5 rings (SSSR count). The summed E-state index contributed by atoms with van der Waals surface area (Å²) in [5, 5.41) is 6.23. The van der Waals surface area contributed by atoms with Gasteiger partial charge in [-0.1, -0.05) is 42.7 Å². The lowest BCUT2D eigenvalue weighted by atomic mass is 9.96. The van der Waals surface area contributed by atoms with Gasteiger partial charge in [-0.3, -0.25) is 9.59 Å². The predicted molar refractivity (Wildman–Crippen MR) is 116 cm³/mol. The van der Waals surface area contributed by atoms with Gasteiger partial charge in [0.05, 0.1) is 21.3 Å². The van der Waals surface area contributed by atoms with E-state index in [0.29, 0.717) is 27.5 Å². The van der Waals surface area contributed by atoms with Crippen LogP contribution in [0.2, 0.25) is 0 Å². The number of hydrogen-bond donors (Lipinski definition) is 2. The van der Waals surface area contributed by atoms with E-state index in [9.17, 15) is 14.4 Å². The van der Waals surface area contributed by atoms with Crippen LogP contribution in [0.25, 0.3) is 10.2 Å². The van der Waals surface area contributed by atoms with E-state index in [-0.39, 0.29) is 23.9 Å². The number of urea groups is 1. The van der Waals surface area contributed by atoms with E-state index in [4.69, 9.17) is 0 Å². The van der Waals surface area contributed by atoms with E-state index in [1.165, 1.54) is 17.8 Å². The molecule has 1 aliphatic carbocycles. The maximum Gasteiger partial charge on any atom is 0.319 e. The molecule has 2 N–H and O–H groups in total. The van der Waals surface area contributed by atoms with E-state index in [1.807, 2.05) is 6.07 Å². The summed E-state index contributed by atoms with van der Waals surface area (Å²) in [5.74, 6) is -0.722. The second-order valence-electron chi connectivity index (χ2n) is 7.60. The number of carbonyl (C=O) groups excluding carboxylic acids is 3. The molecule has 0 spiro atoms. The lowest BCUT2D eigenvalue weighted by Crippen LogP contribution is -2.38. The summed E-state index contributed by atoms with van der Waals surface area (Å²) in [6, 6.07) is 12.2. The summed E-state index contributed by atoms with van der Waals surface area (Å²) in [5.41, 5.74) is 2.10. The average Bonchev–Trinajstić information content (AvgIpc) is 3.27. The second kappa shape index (κ2) is 7.53. The number of benzene rings is 2. The van der Waals surface area contributed by atoms with Crippen molar-refractivity contribution in [3.05, 3.63) is 53.6 Å². The van der Waals surface area contributed by atoms with E-state index in [1.54, 1.807) is 36.4 Å². The van der Waals surface area contributed by atoms with Gasteiger partial charge in [0.2, 0.25) is 5.13 Å². The number of anilines is 2. The monoisotopic (exact) mass is 420 g/mol. The van der Waals surface area contributed by atoms with Crippen molar-refractivity contribution >= 4 is 50.2 Å². The molecule has 7 nitrogen and oxygen atoms in total. The largest absolute Gasteiger partial charge is 0.335 e. The SMILES string of the molecule is O=C(Nc1ccc2nc(N3C(=O)c4ccccc4C3=O)sc2c1)NC1CCCCC1. The Hall–Kier alpha value is -3.26. The Balaban J connectivity index is 1.35. The third kappa shape index (κ3) is 3.33. The van der Waals surface area contributed by atoms with Gasteiger partial charge in [-0.25, -0.2) is 14.7 Å². The fraction of sp³-hybridized carbons (Fsp3) is 0.273. The first-order valence-corrected chi connectivity index (χ1v) is 10.9. The molecule has 2 aromatic carbocycles. The maximum absolute atomic E-state index is 12.7. The van der Waals surface area contributed by atoms with Gasteiger partial charge in [0.25, 0.3) is 11.8 Å². The zero-order valence-corrected chi connectivity index (χ0v) is 17.0. The molecule has 0 unspecified atom stereocenters. The molecule has 0 saturated heterocycles. The number of aromatic nitrogens is 1. The number of carbonyl (C=O) groups is 3. The van der Waals surface area contributed by atoms with Crippen molar-refractivity contribution in [2.75, 3.05) is 10.2 Å². The molecule has 1 aliphatic heterocycles. The number of fused-ring (bicyclic) bond motifs is 2. The molecule has 8 heteroatoms. The predicted octanol–water partition coefficient (Wildman–Crippen LogP) is 4.55. The maximum atomic E-state index is 12.7. The molecule has 152 valence electrons. The summed E-state index contributed by atoms with van der Waals surface area (Å²) in [4.78, 5) is 43.3. The molecule has 30 heavy (non-hydrogen) atoms. The highest BCUT2D eigenvalue weighted by Gasteiger charge is 2.38. The van der Waals surface area contributed by atoms with E-state index < -0.39 is 0 Å². The molecule has 1 saturated carbocycles. The van der Waals surface area contributed by atoms with Gasteiger partial charge in [-0.15, -0.1) is 0 Å². The van der Waals surface area contributed by atoms with Crippen molar-refractivity contribution in [2.24, 2.45) is 0 Å². The van der Waals surface area contributed by atoms with Crippen LogP contribution in [0.15, 0.2) is 42.5 Å². The van der Waals surface area contributed by atoms with Crippen molar-refractivity contribution in [1.29, 1.82) is 0 Å².